The highest BCUT2D eigenvalue weighted by Crippen LogP contribution is 2.23. The Hall–Kier alpha value is -1.79. The monoisotopic (exact) mass is 306 g/mol. The molecule has 3 N–H and O–H groups in total. The molecule has 0 aliphatic carbocycles. The van der Waals surface area contributed by atoms with Crippen molar-refractivity contribution in [3.05, 3.63) is 36.0 Å². The van der Waals surface area contributed by atoms with Crippen molar-refractivity contribution in [2.24, 2.45) is 0 Å². The molecule has 2 aromatic rings. The van der Waals surface area contributed by atoms with Crippen molar-refractivity contribution in [3.63, 3.8) is 0 Å². The molecule has 1 aromatic heterocycles. The van der Waals surface area contributed by atoms with Crippen LogP contribution in [0.25, 0.3) is 10.8 Å². The molecule has 0 saturated heterocycles. The minimum Gasteiger partial charge on any atom is -0.477 e. The van der Waals surface area contributed by atoms with Crippen LogP contribution in [0.5, 0.6) is 0 Å². The zero-order valence-corrected chi connectivity index (χ0v) is 12.8. The number of carboxylic acid groups (broad SMARTS) is 1. The van der Waals surface area contributed by atoms with Gasteiger partial charge in [-0.3, -0.25) is 0 Å². The summed E-state index contributed by atoms with van der Waals surface area (Å²) < 4.78 is 0. The van der Waals surface area contributed by atoms with Gasteiger partial charge in [0.1, 0.15) is 5.82 Å². The lowest BCUT2D eigenvalue weighted by Gasteiger charge is -2.23. The molecule has 1 unspecified atom stereocenters. The topological polar surface area (TPSA) is 82.5 Å². The van der Waals surface area contributed by atoms with E-state index in [1.807, 2.05) is 30.5 Å². The van der Waals surface area contributed by atoms with Crippen molar-refractivity contribution in [3.8, 4) is 0 Å². The normalized spacial score (nSPS) is 13.9. The molecule has 0 fully saturated rings. The van der Waals surface area contributed by atoms with Gasteiger partial charge in [0.2, 0.25) is 0 Å². The number of anilines is 1. The van der Waals surface area contributed by atoms with Gasteiger partial charge in [-0.25, -0.2) is 9.78 Å². The van der Waals surface area contributed by atoms with Crippen LogP contribution in [0.4, 0.5) is 5.82 Å². The number of carbonyl (C=O) groups is 1. The summed E-state index contributed by atoms with van der Waals surface area (Å²) in [6.45, 7) is 2.04. The SMILES string of the molecule is CSCC(C)(O)CNc1nc(C(=O)O)cc2ccccc12. The Kier molecular flexibility index (Phi) is 4.69. The Morgan fingerprint density at radius 2 is 2.14 bits per heavy atom. The molecule has 0 amide bonds. The summed E-state index contributed by atoms with van der Waals surface area (Å²) in [5.41, 5.74) is -0.901. The maximum absolute atomic E-state index is 11.2. The minimum absolute atomic E-state index is 0.0132. The van der Waals surface area contributed by atoms with Gasteiger partial charge < -0.3 is 15.5 Å². The minimum atomic E-state index is -1.07. The van der Waals surface area contributed by atoms with Crippen LogP contribution >= 0.6 is 11.8 Å². The molecule has 0 saturated carbocycles. The summed E-state index contributed by atoms with van der Waals surface area (Å²) in [4.78, 5) is 15.3. The number of pyridine rings is 1. The number of carboxylic acids is 1. The molecule has 1 heterocycles. The van der Waals surface area contributed by atoms with Crippen LogP contribution in [0.15, 0.2) is 30.3 Å². The van der Waals surface area contributed by atoms with E-state index < -0.39 is 11.6 Å². The van der Waals surface area contributed by atoms with Crippen molar-refractivity contribution >= 4 is 34.3 Å². The van der Waals surface area contributed by atoms with E-state index in [2.05, 4.69) is 10.3 Å². The third-order valence-corrected chi connectivity index (χ3v) is 3.96. The van der Waals surface area contributed by atoms with E-state index in [-0.39, 0.29) is 5.69 Å². The quantitative estimate of drug-likeness (QED) is 0.760. The van der Waals surface area contributed by atoms with Crippen molar-refractivity contribution in [1.82, 2.24) is 4.98 Å². The number of nitrogens with one attached hydrogen (secondary N) is 1. The van der Waals surface area contributed by atoms with Crippen LogP contribution < -0.4 is 5.32 Å². The molecular formula is C15H18N2O3S. The first kappa shape index (κ1) is 15.6. The maximum Gasteiger partial charge on any atom is 0.354 e. The Balaban J connectivity index is 2.35. The van der Waals surface area contributed by atoms with Crippen LogP contribution in [0.2, 0.25) is 0 Å². The van der Waals surface area contributed by atoms with Crippen LogP contribution in [-0.2, 0) is 0 Å². The average molecular weight is 306 g/mol. The fourth-order valence-electron chi connectivity index (χ4n) is 2.08. The number of rotatable bonds is 6. The summed E-state index contributed by atoms with van der Waals surface area (Å²) in [7, 11) is 0. The van der Waals surface area contributed by atoms with E-state index in [4.69, 9.17) is 5.11 Å². The predicted octanol–water partition coefficient (Wildman–Crippen LogP) is 2.46. The van der Waals surface area contributed by atoms with Crippen molar-refractivity contribution in [2.75, 3.05) is 23.9 Å². The predicted molar refractivity (Wildman–Crippen MR) is 86.2 cm³/mol. The zero-order chi connectivity index (χ0) is 15.5. The summed E-state index contributed by atoms with van der Waals surface area (Å²) in [5.74, 6) is -0.0112. The van der Waals surface area contributed by atoms with Crippen LogP contribution in [-0.4, -0.2) is 45.3 Å². The van der Waals surface area contributed by atoms with E-state index in [1.165, 1.54) is 0 Å². The van der Waals surface area contributed by atoms with Crippen LogP contribution in [0, 0.1) is 0 Å². The second-order valence-corrected chi connectivity index (χ2v) is 6.03. The van der Waals surface area contributed by atoms with Gasteiger partial charge in [-0.2, -0.15) is 11.8 Å². The van der Waals surface area contributed by atoms with Gasteiger partial charge in [0.15, 0.2) is 5.69 Å². The fraction of sp³-hybridized carbons (Fsp3) is 0.333. The molecule has 2 rings (SSSR count). The molecule has 0 aliphatic heterocycles. The molecule has 21 heavy (non-hydrogen) atoms. The Morgan fingerprint density at radius 3 is 2.81 bits per heavy atom. The van der Waals surface area contributed by atoms with E-state index >= 15 is 0 Å². The molecule has 1 atom stereocenters. The van der Waals surface area contributed by atoms with Crippen LogP contribution in [0.3, 0.4) is 0 Å². The Labute approximate surface area is 127 Å². The van der Waals surface area contributed by atoms with Gasteiger partial charge >= 0.3 is 5.97 Å². The Morgan fingerprint density at radius 1 is 1.43 bits per heavy atom. The number of aromatic nitrogens is 1. The zero-order valence-electron chi connectivity index (χ0n) is 12.0. The number of aromatic carboxylic acids is 1. The molecular weight excluding hydrogens is 288 g/mol. The van der Waals surface area contributed by atoms with Gasteiger partial charge in [-0.05, 0) is 24.6 Å². The van der Waals surface area contributed by atoms with Gasteiger partial charge in [0, 0.05) is 17.7 Å². The number of fused-ring (bicyclic) bond motifs is 1. The lowest BCUT2D eigenvalue weighted by atomic mass is 10.1. The number of aliphatic hydroxyl groups is 1. The van der Waals surface area contributed by atoms with Gasteiger partial charge in [-0.1, -0.05) is 24.3 Å². The van der Waals surface area contributed by atoms with E-state index in [1.54, 1.807) is 24.8 Å². The van der Waals surface area contributed by atoms with Crippen LogP contribution in [0.1, 0.15) is 17.4 Å². The standard InChI is InChI=1S/C15H18N2O3S/c1-15(20,9-21-2)8-16-13-11-6-4-3-5-10(11)7-12(17-13)14(18)19/h3-7,20H,8-9H2,1-2H3,(H,16,17)(H,18,19). The smallest absolute Gasteiger partial charge is 0.354 e. The third kappa shape index (κ3) is 3.86. The first-order valence-electron chi connectivity index (χ1n) is 6.51. The molecule has 112 valence electrons. The van der Waals surface area contributed by atoms with Gasteiger partial charge in [0.05, 0.1) is 5.60 Å². The molecule has 0 spiro atoms. The second kappa shape index (κ2) is 6.32. The number of benzene rings is 1. The molecule has 1 aromatic carbocycles. The highest BCUT2D eigenvalue weighted by molar-refractivity contribution is 7.98. The largest absolute Gasteiger partial charge is 0.477 e. The number of hydrogen-bond acceptors (Lipinski definition) is 5. The lowest BCUT2D eigenvalue weighted by molar-refractivity contribution is 0.0691. The fourth-order valence-corrected chi connectivity index (χ4v) is 2.80. The summed E-state index contributed by atoms with van der Waals surface area (Å²) in [6.07, 6.45) is 1.92. The maximum atomic E-state index is 11.2. The van der Waals surface area contributed by atoms with E-state index in [0.29, 0.717) is 18.1 Å². The summed E-state index contributed by atoms with van der Waals surface area (Å²) in [5, 5.41) is 24.0. The summed E-state index contributed by atoms with van der Waals surface area (Å²) in [6, 6.07) is 8.98. The molecule has 0 radical (unpaired) electrons. The van der Waals surface area contributed by atoms with Crippen molar-refractivity contribution < 1.29 is 15.0 Å². The molecule has 0 bridgehead atoms. The highest BCUT2D eigenvalue weighted by Gasteiger charge is 2.20. The van der Waals surface area contributed by atoms with Crippen molar-refractivity contribution in [1.29, 1.82) is 0 Å². The lowest BCUT2D eigenvalue weighted by Crippen LogP contribution is -2.36. The summed E-state index contributed by atoms with van der Waals surface area (Å²) >= 11 is 1.55. The van der Waals surface area contributed by atoms with E-state index in [9.17, 15) is 9.90 Å². The van der Waals surface area contributed by atoms with Gasteiger partial charge in [-0.15, -0.1) is 0 Å². The molecule has 0 aliphatic rings. The molecule has 6 heteroatoms. The van der Waals surface area contributed by atoms with Gasteiger partial charge in [0.25, 0.3) is 0 Å². The third-order valence-electron chi connectivity index (χ3n) is 3.05. The first-order chi connectivity index (χ1) is 9.93. The Bertz CT molecular complexity index is 658. The van der Waals surface area contributed by atoms with Crippen molar-refractivity contribution in [2.45, 2.75) is 12.5 Å². The van der Waals surface area contributed by atoms with E-state index in [0.717, 1.165) is 10.8 Å². The first-order valence-corrected chi connectivity index (χ1v) is 7.90. The number of thioether (sulfide) groups is 1. The number of nitrogens with zero attached hydrogens (tertiary/aromatic N) is 1. The number of hydrogen-bond donors (Lipinski definition) is 3. The highest BCUT2D eigenvalue weighted by atomic mass is 32.2. The average Bonchev–Trinajstić information content (AvgIpc) is 2.44. The second-order valence-electron chi connectivity index (χ2n) is 5.17. The molecule has 5 nitrogen and oxygen atoms in total.